The molecular weight excluding hydrogens is 202 g/mol. The van der Waals surface area contributed by atoms with Crippen LogP contribution in [0.15, 0.2) is 6.07 Å². The van der Waals surface area contributed by atoms with Crippen LogP contribution in [0.1, 0.15) is 11.5 Å². The topological polar surface area (TPSA) is 38.2 Å². The minimum absolute atomic E-state index is 0.461. The summed E-state index contributed by atoms with van der Waals surface area (Å²) in [6.07, 6.45) is 0. The molecule has 0 saturated heterocycles. The van der Waals surface area contributed by atoms with E-state index in [1.54, 1.807) is 13.2 Å². The Morgan fingerprint density at radius 1 is 1.43 bits per heavy atom. The van der Waals surface area contributed by atoms with Gasteiger partial charge in [-0.25, -0.2) is 9.97 Å². The van der Waals surface area contributed by atoms with Gasteiger partial charge in [0.2, 0.25) is 0 Å². The fourth-order valence-corrected chi connectivity index (χ4v) is 1.31. The Balaban J connectivity index is 2.83. The Kier molecular flexibility index (Phi) is 4.25. The third kappa shape index (κ3) is 3.57. The Hall–Kier alpha value is -0.710. The quantitative estimate of drug-likeness (QED) is 0.711. The van der Waals surface area contributed by atoms with Crippen LogP contribution in [0.25, 0.3) is 0 Å². The number of halogens is 1. The van der Waals surface area contributed by atoms with Crippen molar-refractivity contribution in [2.45, 2.75) is 13.2 Å². The van der Waals surface area contributed by atoms with Gasteiger partial charge in [0, 0.05) is 7.11 Å². The van der Waals surface area contributed by atoms with Crippen molar-refractivity contribution in [2.75, 3.05) is 21.2 Å². The zero-order valence-corrected chi connectivity index (χ0v) is 9.38. The lowest BCUT2D eigenvalue weighted by molar-refractivity contribution is 0.181. The van der Waals surface area contributed by atoms with Gasteiger partial charge in [-0.1, -0.05) is 11.6 Å². The molecule has 0 saturated carbocycles. The van der Waals surface area contributed by atoms with E-state index in [4.69, 9.17) is 16.3 Å². The molecule has 1 rings (SSSR count). The van der Waals surface area contributed by atoms with Crippen LogP contribution in [-0.2, 0) is 17.9 Å². The molecule has 0 N–H and O–H groups in total. The molecule has 1 aromatic heterocycles. The molecular formula is C9H14ClN3O. The van der Waals surface area contributed by atoms with Crippen LogP contribution < -0.4 is 0 Å². The van der Waals surface area contributed by atoms with Gasteiger partial charge in [-0.05, 0) is 20.2 Å². The maximum atomic E-state index is 5.84. The van der Waals surface area contributed by atoms with Gasteiger partial charge in [-0.3, -0.25) is 0 Å². The zero-order valence-electron chi connectivity index (χ0n) is 8.62. The molecule has 5 heteroatoms. The monoisotopic (exact) mass is 215 g/mol. The molecule has 0 aliphatic rings. The molecule has 0 bridgehead atoms. The lowest BCUT2D eigenvalue weighted by atomic mass is 10.4. The van der Waals surface area contributed by atoms with E-state index in [9.17, 15) is 0 Å². The van der Waals surface area contributed by atoms with Crippen LogP contribution in [0, 0.1) is 0 Å². The number of methoxy groups -OCH3 is 1. The van der Waals surface area contributed by atoms with Crippen LogP contribution in [0.3, 0.4) is 0 Å². The molecule has 0 atom stereocenters. The molecule has 0 aliphatic carbocycles. The predicted molar refractivity (Wildman–Crippen MR) is 55.1 cm³/mol. The first kappa shape index (κ1) is 11.4. The van der Waals surface area contributed by atoms with Gasteiger partial charge < -0.3 is 9.64 Å². The van der Waals surface area contributed by atoms with E-state index in [0.717, 1.165) is 11.5 Å². The number of rotatable bonds is 4. The average Bonchev–Trinajstić information content (AvgIpc) is 2.01. The molecule has 14 heavy (non-hydrogen) atoms. The molecule has 4 nitrogen and oxygen atoms in total. The minimum Gasteiger partial charge on any atom is -0.378 e. The molecule has 1 heterocycles. The molecule has 0 spiro atoms. The van der Waals surface area contributed by atoms with Gasteiger partial charge in [-0.2, -0.15) is 0 Å². The number of ether oxygens (including phenoxy) is 1. The third-order valence-corrected chi connectivity index (χ3v) is 1.74. The standard InChI is InChI=1S/C9H14ClN3O/c1-13(2)5-9-11-7(6-14-3)4-8(10)12-9/h4H,5-6H2,1-3H3. The predicted octanol–water partition coefficient (Wildman–Crippen LogP) is 1.34. The molecule has 0 fully saturated rings. The Morgan fingerprint density at radius 3 is 2.71 bits per heavy atom. The summed E-state index contributed by atoms with van der Waals surface area (Å²) in [6, 6.07) is 1.71. The van der Waals surface area contributed by atoms with E-state index in [2.05, 4.69) is 9.97 Å². The highest BCUT2D eigenvalue weighted by Crippen LogP contribution is 2.08. The molecule has 0 amide bonds. The van der Waals surface area contributed by atoms with E-state index in [1.165, 1.54) is 0 Å². The Bertz CT molecular complexity index is 304. The second-order valence-corrected chi connectivity index (χ2v) is 3.66. The molecule has 0 aromatic carbocycles. The van der Waals surface area contributed by atoms with Crippen molar-refractivity contribution >= 4 is 11.6 Å². The molecule has 0 radical (unpaired) electrons. The molecule has 78 valence electrons. The average molecular weight is 216 g/mol. The van der Waals surface area contributed by atoms with E-state index >= 15 is 0 Å². The summed E-state index contributed by atoms with van der Waals surface area (Å²) in [5.74, 6) is 0.717. The summed E-state index contributed by atoms with van der Waals surface area (Å²) < 4.78 is 4.98. The van der Waals surface area contributed by atoms with Crippen LogP contribution in [-0.4, -0.2) is 36.1 Å². The Morgan fingerprint density at radius 2 is 2.14 bits per heavy atom. The fourth-order valence-electron chi connectivity index (χ4n) is 1.09. The summed E-state index contributed by atoms with van der Waals surface area (Å²) in [7, 11) is 5.54. The summed E-state index contributed by atoms with van der Waals surface area (Å²) in [6.45, 7) is 1.14. The van der Waals surface area contributed by atoms with Crippen molar-refractivity contribution in [1.29, 1.82) is 0 Å². The van der Waals surface area contributed by atoms with Crippen molar-refractivity contribution in [3.8, 4) is 0 Å². The lowest BCUT2D eigenvalue weighted by Crippen LogP contribution is -2.14. The molecule has 0 unspecified atom stereocenters. The van der Waals surface area contributed by atoms with E-state index in [0.29, 0.717) is 18.3 Å². The first-order valence-corrected chi connectivity index (χ1v) is 4.65. The van der Waals surface area contributed by atoms with E-state index in [-0.39, 0.29) is 0 Å². The largest absolute Gasteiger partial charge is 0.378 e. The van der Waals surface area contributed by atoms with Crippen LogP contribution in [0.4, 0.5) is 0 Å². The van der Waals surface area contributed by atoms with Crippen LogP contribution >= 0.6 is 11.6 Å². The van der Waals surface area contributed by atoms with E-state index < -0.39 is 0 Å². The highest BCUT2D eigenvalue weighted by atomic mass is 35.5. The van der Waals surface area contributed by atoms with Gasteiger partial charge in [0.05, 0.1) is 18.8 Å². The van der Waals surface area contributed by atoms with Crippen LogP contribution in [0.2, 0.25) is 5.15 Å². The van der Waals surface area contributed by atoms with Gasteiger partial charge in [0.25, 0.3) is 0 Å². The fraction of sp³-hybridized carbons (Fsp3) is 0.556. The molecule has 0 aliphatic heterocycles. The summed E-state index contributed by atoms with van der Waals surface area (Å²) >= 11 is 5.84. The number of hydrogen-bond donors (Lipinski definition) is 0. The van der Waals surface area contributed by atoms with Gasteiger partial charge in [0.1, 0.15) is 11.0 Å². The van der Waals surface area contributed by atoms with Crippen molar-refractivity contribution in [3.63, 3.8) is 0 Å². The number of aromatic nitrogens is 2. The summed E-state index contributed by atoms with van der Waals surface area (Å²) in [4.78, 5) is 10.4. The third-order valence-electron chi connectivity index (χ3n) is 1.54. The van der Waals surface area contributed by atoms with E-state index in [1.807, 2.05) is 19.0 Å². The van der Waals surface area contributed by atoms with Crippen molar-refractivity contribution in [2.24, 2.45) is 0 Å². The summed E-state index contributed by atoms with van der Waals surface area (Å²) in [5, 5.41) is 0.462. The normalized spacial score (nSPS) is 10.9. The number of nitrogens with zero attached hydrogens (tertiary/aromatic N) is 3. The maximum absolute atomic E-state index is 5.84. The zero-order chi connectivity index (χ0) is 10.6. The van der Waals surface area contributed by atoms with Crippen molar-refractivity contribution in [1.82, 2.24) is 14.9 Å². The van der Waals surface area contributed by atoms with Crippen molar-refractivity contribution < 1.29 is 4.74 Å². The first-order chi connectivity index (χ1) is 6.61. The maximum Gasteiger partial charge on any atom is 0.144 e. The lowest BCUT2D eigenvalue weighted by Gasteiger charge is -2.09. The first-order valence-electron chi connectivity index (χ1n) is 4.28. The highest BCUT2D eigenvalue weighted by molar-refractivity contribution is 6.29. The highest BCUT2D eigenvalue weighted by Gasteiger charge is 2.03. The Labute approximate surface area is 88.9 Å². The second kappa shape index (κ2) is 5.24. The SMILES string of the molecule is COCc1cc(Cl)nc(CN(C)C)n1. The second-order valence-electron chi connectivity index (χ2n) is 3.27. The molecule has 1 aromatic rings. The van der Waals surface area contributed by atoms with Crippen molar-refractivity contribution in [3.05, 3.63) is 22.7 Å². The smallest absolute Gasteiger partial charge is 0.144 e. The van der Waals surface area contributed by atoms with Gasteiger partial charge in [-0.15, -0.1) is 0 Å². The minimum atomic E-state index is 0.461. The number of hydrogen-bond acceptors (Lipinski definition) is 4. The van der Waals surface area contributed by atoms with Gasteiger partial charge in [0.15, 0.2) is 0 Å². The van der Waals surface area contributed by atoms with Crippen LogP contribution in [0.5, 0.6) is 0 Å². The summed E-state index contributed by atoms with van der Waals surface area (Å²) in [5.41, 5.74) is 0.810. The van der Waals surface area contributed by atoms with Gasteiger partial charge >= 0.3 is 0 Å².